The molecule has 23 heavy (non-hydrogen) atoms. The van der Waals surface area contributed by atoms with Gasteiger partial charge < -0.3 is 9.84 Å². The third-order valence-corrected chi connectivity index (χ3v) is 3.19. The lowest BCUT2D eigenvalue weighted by atomic mass is 10.2. The summed E-state index contributed by atoms with van der Waals surface area (Å²) in [5, 5.41) is 13.0. The van der Waals surface area contributed by atoms with Crippen LogP contribution in [0.4, 0.5) is 15.4 Å². The fraction of sp³-hybridized carbons (Fsp3) is 0.286. The van der Waals surface area contributed by atoms with Gasteiger partial charge in [-0.15, -0.1) is 16.3 Å². The third kappa shape index (κ3) is 4.92. The Morgan fingerprint density at radius 2 is 2.17 bits per heavy atom. The fourth-order valence-corrected chi connectivity index (χ4v) is 2.39. The number of hydrogen-bond acceptors (Lipinski definition) is 5. The Labute approximate surface area is 136 Å². The van der Waals surface area contributed by atoms with Crippen LogP contribution >= 0.6 is 11.3 Å². The zero-order chi connectivity index (χ0) is 17.0. The summed E-state index contributed by atoms with van der Waals surface area (Å²) in [5.41, 5.74) is 0.00413. The Bertz CT molecular complexity index is 788. The van der Waals surface area contributed by atoms with Crippen LogP contribution in [0.5, 0.6) is 0 Å². The van der Waals surface area contributed by atoms with E-state index in [-0.39, 0.29) is 5.82 Å². The molecule has 2 aromatic heterocycles. The van der Waals surface area contributed by atoms with E-state index in [1.807, 2.05) is 0 Å². The smallest absolute Gasteiger partial charge is 0.433 e. The molecule has 8 nitrogen and oxygen atoms in total. The summed E-state index contributed by atoms with van der Waals surface area (Å²) < 4.78 is 6.74. The number of aromatic nitrogens is 2. The highest BCUT2D eigenvalue weighted by atomic mass is 32.1. The lowest BCUT2D eigenvalue weighted by Crippen LogP contribution is -2.27. The van der Waals surface area contributed by atoms with Crippen molar-refractivity contribution in [1.82, 2.24) is 9.55 Å². The Kier molecular flexibility index (Phi) is 4.80. The summed E-state index contributed by atoms with van der Waals surface area (Å²) in [6.45, 7) is 5.28. The summed E-state index contributed by atoms with van der Waals surface area (Å²) in [5.74, 6) is 0.289. The maximum absolute atomic E-state index is 11.8. The van der Waals surface area contributed by atoms with Gasteiger partial charge in [-0.3, -0.25) is 9.88 Å². The standard InChI is InChI=1S/C14H16N4O4S/c1-14(2,3)22-13(21)16-10-8-9(4-5-15-10)18-6-7-23-11(18)17-12(19)20/h4-8H,1-3H3,(H,19,20)(H,15,16,21)/b17-11+. The second kappa shape index (κ2) is 6.61. The average molecular weight is 336 g/mol. The number of rotatable bonds is 2. The van der Waals surface area contributed by atoms with E-state index in [1.54, 1.807) is 49.0 Å². The number of carbonyl (C=O) groups is 2. The Hall–Kier alpha value is -2.68. The lowest BCUT2D eigenvalue weighted by Gasteiger charge is -2.19. The molecule has 0 atom stereocenters. The second-order valence-corrected chi connectivity index (χ2v) is 6.35. The molecule has 122 valence electrons. The minimum absolute atomic E-state index is 0.289. The Balaban J connectivity index is 2.26. The largest absolute Gasteiger partial charge is 0.463 e. The first-order chi connectivity index (χ1) is 10.7. The summed E-state index contributed by atoms with van der Waals surface area (Å²) in [7, 11) is 0. The van der Waals surface area contributed by atoms with Crippen LogP contribution in [0.1, 0.15) is 20.8 Å². The number of nitrogens with one attached hydrogen (secondary N) is 1. The first-order valence-electron chi connectivity index (χ1n) is 6.65. The first kappa shape index (κ1) is 16.7. The predicted octanol–water partition coefficient (Wildman–Crippen LogP) is 2.86. The SMILES string of the molecule is CC(C)(C)OC(=O)Nc1cc(-n2ccs/c2=N/C(=O)O)ccn1. The van der Waals surface area contributed by atoms with Gasteiger partial charge in [0.25, 0.3) is 0 Å². The molecule has 0 unspecified atom stereocenters. The predicted molar refractivity (Wildman–Crippen MR) is 84.9 cm³/mol. The number of carbonyl (C=O) groups excluding carboxylic acids is 1. The van der Waals surface area contributed by atoms with E-state index in [0.717, 1.165) is 0 Å². The highest BCUT2D eigenvalue weighted by molar-refractivity contribution is 7.07. The molecule has 2 heterocycles. The number of amides is 2. The summed E-state index contributed by atoms with van der Waals surface area (Å²) >= 11 is 1.18. The van der Waals surface area contributed by atoms with Gasteiger partial charge >= 0.3 is 12.2 Å². The second-order valence-electron chi connectivity index (χ2n) is 5.48. The first-order valence-corrected chi connectivity index (χ1v) is 7.53. The molecular formula is C14H16N4O4S. The highest BCUT2D eigenvalue weighted by Crippen LogP contribution is 2.13. The number of nitrogens with zero attached hydrogens (tertiary/aromatic N) is 3. The molecule has 2 rings (SSSR count). The Morgan fingerprint density at radius 3 is 2.83 bits per heavy atom. The van der Waals surface area contributed by atoms with Crippen molar-refractivity contribution < 1.29 is 19.4 Å². The van der Waals surface area contributed by atoms with Gasteiger partial charge in [0, 0.05) is 23.8 Å². The topological polar surface area (TPSA) is 106 Å². The molecule has 0 bridgehead atoms. The minimum Gasteiger partial charge on any atom is -0.463 e. The average Bonchev–Trinajstić information content (AvgIpc) is 2.83. The van der Waals surface area contributed by atoms with E-state index >= 15 is 0 Å². The summed E-state index contributed by atoms with van der Waals surface area (Å²) in [6, 6.07) is 3.27. The number of pyridine rings is 1. The van der Waals surface area contributed by atoms with E-state index in [9.17, 15) is 9.59 Å². The van der Waals surface area contributed by atoms with Crippen molar-refractivity contribution in [3.8, 4) is 5.69 Å². The van der Waals surface area contributed by atoms with Gasteiger partial charge in [-0.25, -0.2) is 14.6 Å². The van der Waals surface area contributed by atoms with Gasteiger partial charge in [0.15, 0.2) is 0 Å². The van der Waals surface area contributed by atoms with Crippen LogP contribution in [0.2, 0.25) is 0 Å². The monoisotopic (exact) mass is 336 g/mol. The Morgan fingerprint density at radius 1 is 1.43 bits per heavy atom. The van der Waals surface area contributed by atoms with Crippen LogP contribution in [0, 0.1) is 0 Å². The maximum atomic E-state index is 11.8. The molecule has 0 saturated carbocycles. The molecule has 2 amide bonds. The quantitative estimate of drug-likeness (QED) is 0.877. The van der Waals surface area contributed by atoms with Crippen LogP contribution in [0.3, 0.4) is 0 Å². The molecule has 0 aliphatic heterocycles. The molecule has 0 aromatic carbocycles. The summed E-state index contributed by atoms with van der Waals surface area (Å²) in [4.78, 5) is 30.3. The normalized spacial score (nSPS) is 12.0. The van der Waals surface area contributed by atoms with E-state index < -0.39 is 17.8 Å². The highest BCUT2D eigenvalue weighted by Gasteiger charge is 2.16. The van der Waals surface area contributed by atoms with E-state index in [4.69, 9.17) is 9.84 Å². The zero-order valence-corrected chi connectivity index (χ0v) is 13.6. The molecule has 0 aliphatic carbocycles. The third-order valence-electron chi connectivity index (χ3n) is 2.43. The molecule has 0 spiro atoms. The number of anilines is 1. The van der Waals surface area contributed by atoms with Crippen molar-refractivity contribution in [2.75, 3.05) is 5.32 Å². The number of ether oxygens (including phenoxy) is 1. The van der Waals surface area contributed by atoms with Gasteiger partial charge in [0.1, 0.15) is 11.4 Å². The number of thiazole rings is 1. The van der Waals surface area contributed by atoms with Crippen LogP contribution in [-0.2, 0) is 4.74 Å². The number of carboxylic acid groups (broad SMARTS) is 1. The molecule has 0 radical (unpaired) electrons. The van der Waals surface area contributed by atoms with Crippen LogP contribution in [0.15, 0.2) is 34.9 Å². The van der Waals surface area contributed by atoms with Crippen LogP contribution < -0.4 is 10.1 Å². The molecule has 0 aliphatic rings. The summed E-state index contributed by atoms with van der Waals surface area (Å²) in [6.07, 6.45) is 1.28. The minimum atomic E-state index is -1.28. The van der Waals surface area contributed by atoms with Crippen molar-refractivity contribution in [3.05, 3.63) is 34.7 Å². The van der Waals surface area contributed by atoms with E-state index in [2.05, 4.69) is 15.3 Å². The van der Waals surface area contributed by atoms with Crippen molar-refractivity contribution in [1.29, 1.82) is 0 Å². The van der Waals surface area contributed by atoms with Crippen molar-refractivity contribution in [3.63, 3.8) is 0 Å². The van der Waals surface area contributed by atoms with Crippen molar-refractivity contribution in [2.24, 2.45) is 4.99 Å². The van der Waals surface area contributed by atoms with Crippen molar-refractivity contribution in [2.45, 2.75) is 26.4 Å². The maximum Gasteiger partial charge on any atom is 0.433 e. The molecule has 0 saturated heterocycles. The van der Waals surface area contributed by atoms with Crippen LogP contribution in [-0.4, -0.2) is 32.4 Å². The molecule has 2 N–H and O–H groups in total. The van der Waals surface area contributed by atoms with Gasteiger partial charge in [0.2, 0.25) is 4.80 Å². The molecule has 0 fully saturated rings. The van der Waals surface area contributed by atoms with E-state index in [0.29, 0.717) is 10.5 Å². The fourth-order valence-electron chi connectivity index (χ4n) is 1.68. The molecule has 2 aromatic rings. The van der Waals surface area contributed by atoms with Gasteiger partial charge in [-0.2, -0.15) is 0 Å². The molecular weight excluding hydrogens is 320 g/mol. The van der Waals surface area contributed by atoms with E-state index in [1.165, 1.54) is 17.5 Å². The van der Waals surface area contributed by atoms with Gasteiger partial charge in [-0.1, -0.05) is 0 Å². The van der Waals surface area contributed by atoms with Gasteiger partial charge in [0.05, 0.1) is 5.69 Å². The zero-order valence-electron chi connectivity index (χ0n) is 12.8. The molecule has 9 heteroatoms. The van der Waals surface area contributed by atoms with Crippen LogP contribution in [0.25, 0.3) is 5.69 Å². The number of hydrogen-bond donors (Lipinski definition) is 2. The van der Waals surface area contributed by atoms with Gasteiger partial charge in [-0.05, 0) is 26.8 Å². The lowest BCUT2D eigenvalue weighted by molar-refractivity contribution is 0.0635. The van der Waals surface area contributed by atoms with Crippen molar-refractivity contribution >= 4 is 29.3 Å².